The van der Waals surface area contributed by atoms with Crippen LogP contribution in [0, 0.1) is 27.7 Å². The SMILES string of the molecule is CCn1c(SCC(=O)Nc2c(C)cc(C)cc2C)nnc1-c1cccc(C)c1. The molecule has 0 aliphatic rings. The van der Waals surface area contributed by atoms with Gasteiger partial charge in [0.15, 0.2) is 11.0 Å². The van der Waals surface area contributed by atoms with E-state index in [4.69, 9.17) is 0 Å². The Kier molecular flexibility index (Phi) is 6.19. The van der Waals surface area contributed by atoms with Crippen LogP contribution in [0.25, 0.3) is 11.4 Å². The predicted molar refractivity (Wildman–Crippen MR) is 116 cm³/mol. The van der Waals surface area contributed by atoms with Crippen molar-refractivity contribution in [3.05, 3.63) is 58.7 Å². The number of aromatic nitrogens is 3. The number of carbonyl (C=O) groups excluding carboxylic acids is 1. The van der Waals surface area contributed by atoms with Gasteiger partial charge in [0.05, 0.1) is 5.75 Å². The summed E-state index contributed by atoms with van der Waals surface area (Å²) < 4.78 is 2.05. The van der Waals surface area contributed by atoms with Crippen molar-refractivity contribution in [2.75, 3.05) is 11.1 Å². The molecule has 6 heteroatoms. The van der Waals surface area contributed by atoms with Crippen LogP contribution in [-0.4, -0.2) is 26.4 Å². The average molecular weight is 395 g/mol. The van der Waals surface area contributed by atoms with E-state index in [1.165, 1.54) is 22.9 Å². The number of nitrogens with zero attached hydrogens (tertiary/aromatic N) is 3. The van der Waals surface area contributed by atoms with Gasteiger partial charge in [0.25, 0.3) is 0 Å². The molecule has 1 heterocycles. The van der Waals surface area contributed by atoms with Gasteiger partial charge in [0.2, 0.25) is 5.91 Å². The lowest BCUT2D eigenvalue weighted by Crippen LogP contribution is -2.16. The lowest BCUT2D eigenvalue weighted by atomic mass is 10.1. The third-order valence-electron chi connectivity index (χ3n) is 4.58. The molecule has 0 fully saturated rings. The Hall–Kier alpha value is -2.60. The Labute approximate surface area is 170 Å². The minimum Gasteiger partial charge on any atom is -0.325 e. The molecule has 0 unspecified atom stereocenters. The number of rotatable bonds is 6. The number of benzene rings is 2. The van der Waals surface area contributed by atoms with Gasteiger partial charge in [-0.1, -0.05) is 53.2 Å². The maximum absolute atomic E-state index is 12.5. The molecule has 0 spiro atoms. The molecule has 2 aromatic carbocycles. The van der Waals surface area contributed by atoms with Crippen molar-refractivity contribution < 1.29 is 4.79 Å². The van der Waals surface area contributed by atoms with E-state index in [1.54, 1.807) is 0 Å². The summed E-state index contributed by atoms with van der Waals surface area (Å²) in [4.78, 5) is 12.5. The van der Waals surface area contributed by atoms with Gasteiger partial charge in [-0.3, -0.25) is 4.79 Å². The second-order valence-electron chi connectivity index (χ2n) is 7.03. The topological polar surface area (TPSA) is 59.8 Å². The molecule has 1 N–H and O–H groups in total. The van der Waals surface area contributed by atoms with E-state index < -0.39 is 0 Å². The summed E-state index contributed by atoms with van der Waals surface area (Å²) in [7, 11) is 0. The summed E-state index contributed by atoms with van der Waals surface area (Å²) in [6.07, 6.45) is 0. The third kappa shape index (κ3) is 4.44. The van der Waals surface area contributed by atoms with Crippen LogP contribution in [0.5, 0.6) is 0 Å². The number of hydrogen-bond donors (Lipinski definition) is 1. The molecule has 1 aromatic heterocycles. The van der Waals surface area contributed by atoms with Gasteiger partial charge in [-0.2, -0.15) is 0 Å². The number of nitrogens with one attached hydrogen (secondary N) is 1. The minimum atomic E-state index is -0.0391. The highest BCUT2D eigenvalue weighted by molar-refractivity contribution is 7.99. The molecule has 28 heavy (non-hydrogen) atoms. The van der Waals surface area contributed by atoms with Gasteiger partial charge >= 0.3 is 0 Å². The van der Waals surface area contributed by atoms with Crippen molar-refractivity contribution in [3.8, 4) is 11.4 Å². The molecule has 0 saturated heterocycles. The molecule has 3 aromatic rings. The normalized spacial score (nSPS) is 10.9. The van der Waals surface area contributed by atoms with Crippen molar-refractivity contribution in [1.29, 1.82) is 0 Å². The number of carbonyl (C=O) groups is 1. The van der Waals surface area contributed by atoms with E-state index in [0.717, 1.165) is 39.9 Å². The number of amides is 1. The van der Waals surface area contributed by atoms with Crippen LogP contribution in [0.15, 0.2) is 41.6 Å². The zero-order valence-corrected chi connectivity index (χ0v) is 17.9. The predicted octanol–water partition coefficient (Wildman–Crippen LogP) is 4.93. The van der Waals surface area contributed by atoms with Crippen LogP contribution in [0.2, 0.25) is 0 Å². The van der Waals surface area contributed by atoms with Crippen molar-refractivity contribution in [2.24, 2.45) is 0 Å². The largest absolute Gasteiger partial charge is 0.325 e. The molecule has 0 radical (unpaired) electrons. The second-order valence-corrected chi connectivity index (χ2v) is 7.97. The monoisotopic (exact) mass is 394 g/mol. The maximum Gasteiger partial charge on any atom is 0.234 e. The number of anilines is 1. The Morgan fingerprint density at radius 2 is 1.75 bits per heavy atom. The Balaban J connectivity index is 1.72. The quantitative estimate of drug-likeness (QED) is 0.602. The Bertz CT molecular complexity index is 987. The van der Waals surface area contributed by atoms with Crippen molar-refractivity contribution in [2.45, 2.75) is 46.3 Å². The van der Waals surface area contributed by atoms with E-state index >= 15 is 0 Å². The van der Waals surface area contributed by atoms with Gasteiger partial charge in [0.1, 0.15) is 0 Å². The molecule has 3 rings (SSSR count). The lowest BCUT2D eigenvalue weighted by molar-refractivity contribution is -0.113. The fraction of sp³-hybridized carbons (Fsp3) is 0.318. The van der Waals surface area contributed by atoms with E-state index in [0.29, 0.717) is 5.75 Å². The Morgan fingerprint density at radius 3 is 2.39 bits per heavy atom. The van der Waals surface area contributed by atoms with Crippen LogP contribution in [-0.2, 0) is 11.3 Å². The summed E-state index contributed by atoms with van der Waals surface area (Å²) in [6, 6.07) is 12.4. The van der Waals surface area contributed by atoms with Gasteiger partial charge in [-0.15, -0.1) is 10.2 Å². The average Bonchev–Trinajstić information content (AvgIpc) is 3.06. The molecule has 0 atom stereocenters. The van der Waals surface area contributed by atoms with Crippen molar-refractivity contribution in [1.82, 2.24) is 14.8 Å². The van der Waals surface area contributed by atoms with Crippen LogP contribution in [0.1, 0.15) is 29.2 Å². The van der Waals surface area contributed by atoms with Crippen LogP contribution in [0.4, 0.5) is 5.69 Å². The second kappa shape index (κ2) is 8.61. The highest BCUT2D eigenvalue weighted by Gasteiger charge is 2.15. The summed E-state index contributed by atoms with van der Waals surface area (Å²) in [5, 5.41) is 12.5. The van der Waals surface area contributed by atoms with Crippen LogP contribution >= 0.6 is 11.8 Å². The fourth-order valence-corrected chi connectivity index (χ4v) is 4.16. The first-order chi connectivity index (χ1) is 13.4. The summed E-state index contributed by atoms with van der Waals surface area (Å²) in [6.45, 7) is 11.0. The van der Waals surface area contributed by atoms with Gasteiger partial charge in [-0.25, -0.2) is 0 Å². The first kappa shape index (κ1) is 20.1. The molecule has 0 saturated carbocycles. The first-order valence-electron chi connectivity index (χ1n) is 9.39. The van der Waals surface area contributed by atoms with Crippen molar-refractivity contribution >= 4 is 23.4 Å². The zero-order chi connectivity index (χ0) is 20.3. The molecular weight excluding hydrogens is 368 g/mol. The number of hydrogen-bond acceptors (Lipinski definition) is 4. The van der Waals surface area contributed by atoms with Crippen LogP contribution < -0.4 is 5.32 Å². The van der Waals surface area contributed by atoms with E-state index in [-0.39, 0.29) is 5.91 Å². The maximum atomic E-state index is 12.5. The minimum absolute atomic E-state index is 0.0391. The molecule has 1 amide bonds. The highest BCUT2D eigenvalue weighted by atomic mass is 32.2. The Morgan fingerprint density at radius 1 is 1.04 bits per heavy atom. The molecular formula is C22H26N4OS. The smallest absolute Gasteiger partial charge is 0.234 e. The van der Waals surface area contributed by atoms with E-state index in [9.17, 15) is 4.79 Å². The van der Waals surface area contributed by atoms with E-state index in [2.05, 4.69) is 65.1 Å². The molecule has 0 bridgehead atoms. The molecule has 146 valence electrons. The number of aryl methyl sites for hydroxylation is 4. The summed E-state index contributed by atoms with van der Waals surface area (Å²) in [5.74, 6) is 1.08. The summed E-state index contributed by atoms with van der Waals surface area (Å²) >= 11 is 1.41. The molecule has 0 aliphatic heterocycles. The van der Waals surface area contributed by atoms with E-state index in [1.807, 2.05) is 26.0 Å². The lowest BCUT2D eigenvalue weighted by Gasteiger charge is -2.13. The van der Waals surface area contributed by atoms with Crippen LogP contribution in [0.3, 0.4) is 0 Å². The van der Waals surface area contributed by atoms with Crippen molar-refractivity contribution in [3.63, 3.8) is 0 Å². The molecule has 0 aliphatic carbocycles. The summed E-state index contributed by atoms with van der Waals surface area (Å²) in [5.41, 5.74) is 6.47. The highest BCUT2D eigenvalue weighted by Crippen LogP contribution is 2.26. The van der Waals surface area contributed by atoms with Gasteiger partial charge < -0.3 is 9.88 Å². The van der Waals surface area contributed by atoms with Gasteiger partial charge in [0, 0.05) is 17.8 Å². The molecule has 5 nitrogen and oxygen atoms in total. The first-order valence-corrected chi connectivity index (χ1v) is 10.4. The number of thioether (sulfide) groups is 1. The van der Waals surface area contributed by atoms with Gasteiger partial charge in [-0.05, 0) is 51.8 Å². The fourth-order valence-electron chi connectivity index (χ4n) is 3.36. The zero-order valence-electron chi connectivity index (χ0n) is 17.0. The standard InChI is InChI=1S/C22H26N4OS/c1-6-26-21(18-9-7-8-14(2)12-18)24-25-22(26)28-13-19(27)23-20-16(4)10-15(3)11-17(20)5/h7-12H,6,13H2,1-5H3,(H,23,27). The third-order valence-corrected chi connectivity index (χ3v) is 5.55.